The van der Waals surface area contributed by atoms with Gasteiger partial charge >= 0.3 is 12.2 Å². The van der Waals surface area contributed by atoms with E-state index in [4.69, 9.17) is 9.47 Å². The molecule has 0 aliphatic carbocycles. The van der Waals surface area contributed by atoms with Gasteiger partial charge in [0.1, 0.15) is 17.7 Å². The molecule has 3 amide bonds. The van der Waals surface area contributed by atoms with Gasteiger partial charge in [-0.3, -0.25) is 9.69 Å². The molecule has 0 unspecified atom stereocenters. The van der Waals surface area contributed by atoms with Gasteiger partial charge in [-0.25, -0.2) is 9.59 Å². The molecule has 0 N–H and O–H groups in total. The summed E-state index contributed by atoms with van der Waals surface area (Å²) in [5, 5.41) is 0. The number of anilines is 1. The van der Waals surface area contributed by atoms with Gasteiger partial charge in [0.25, 0.3) is 0 Å². The van der Waals surface area contributed by atoms with Crippen LogP contribution in [-0.2, 0) is 14.3 Å². The van der Waals surface area contributed by atoms with Gasteiger partial charge in [0.05, 0.1) is 0 Å². The van der Waals surface area contributed by atoms with Crippen molar-refractivity contribution in [2.75, 3.05) is 37.6 Å². The Labute approximate surface area is 192 Å². The van der Waals surface area contributed by atoms with Gasteiger partial charge < -0.3 is 19.3 Å². The van der Waals surface area contributed by atoms with Crippen molar-refractivity contribution in [1.82, 2.24) is 9.80 Å². The first-order valence-corrected chi connectivity index (χ1v) is 11.1. The highest BCUT2D eigenvalue weighted by Gasteiger charge is 2.31. The van der Waals surface area contributed by atoms with Gasteiger partial charge in [0.15, 0.2) is 0 Å². The standard InChI is InChI=1S/C22H32BrN3O5/c1-21(2,3)30-19(28)25-13-11-24(12-14-25)18(27)15-26(20(29)31-22(4,5)6)17-9-7-16(23)8-10-17/h7-10H,11-15H2,1-6H3. The summed E-state index contributed by atoms with van der Waals surface area (Å²) in [5.74, 6) is -0.211. The lowest BCUT2D eigenvalue weighted by Crippen LogP contribution is -2.54. The van der Waals surface area contributed by atoms with Gasteiger partial charge in [-0.1, -0.05) is 15.9 Å². The summed E-state index contributed by atoms with van der Waals surface area (Å²) < 4.78 is 11.8. The molecule has 0 radical (unpaired) electrons. The van der Waals surface area contributed by atoms with Gasteiger partial charge in [-0.15, -0.1) is 0 Å². The minimum absolute atomic E-state index is 0.150. The van der Waals surface area contributed by atoms with E-state index in [1.54, 1.807) is 54.8 Å². The molecule has 9 heteroatoms. The molecule has 0 aromatic heterocycles. The van der Waals surface area contributed by atoms with Gasteiger partial charge in [-0.2, -0.15) is 0 Å². The number of hydrogen-bond acceptors (Lipinski definition) is 5. The molecular weight excluding hydrogens is 466 g/mol. The molecule has 8 nitrogen and oxygen atoms in total. The van der Waals surface area contributed by atoms with Crippen LogP contribution >= 0.6 is 15.9 Å². The highest BCUT2D eigenvalue weighted by molar-refractivity contribution is 9.10. The van der Waals surface area contributed by atoms with Gasteiger partial charge in [-0.05, 0) is 65.8 Å². The Morgan fingerprint density at radius 2 is 1.35 bits per heavy atom. The summed E-state index contributed by atoms with van der Waals surface area (Å²) in [5.41, 5.74) is -0.687. The molecule has 31 heavy (non-hydrogen) atoms. The third-order valence-electron chi connectivity index (χ3n) is 4.33. The van der Waals surface area contributed by atoms with Crippen LogP contribution in [0.15, 0.2) is 28.7 Å². The molecular formula is C22H32BrN3O5. The third-order valence-corrected chi connectivity index (χ3v) is 4.86. The predicted octanol–water partition coefficient (Wildman–Crippen LogP) is 4.27. The second kappa shape index (κ2) is 9.89. The quantitative estimate of drug-likeness (QED) is 0.622. The molecule has 1 aromatic rings. The number of amides is 3. The Morgan fingerprint density at radius 3 is 1.84 bits per heavy atom. The fourth-order valence-corrected chi connectivity index (χ4v) is 3.16. The largest absolute Gasteiger partial charge is 0.444 e. The fourth-order valence-electron chi connectivity index (χ4n) is 2.90. The molecule has 1 aliphatic rings. The molecule has 2 rings (SSSR count). The lowest BCUT2D eigenvalue weighted by atomic mass is 10.2. The van der Waals surface area contributed by atoms with Crippen molar-refractivity contribution >= 4 is 39.7 Å². The Bertz CT molecular complexity index is 791. The molecule has 1 saturated heterocycles. The number of carbonyl (C=O) groups is 3. The first-order valence-electron chi connectivity index (χ1n) is 10.3. The van der Waals surface area contributed by atoms with E-state index in [2.05, 4.69) is 15.9 Å². The molecule has 0 atom stereocenters. The first-order chi connectivity index (χ1) is 14.2. The molecule has 1 aromatic carbocycles. The van der Waals surface area contributed by atoms with E-state index in [1.807, 2.05) is 20.8 Å². The highest BCUT2D eigenvalue weighted by Crippen LogP contribution is 2.21. The van der Waals surface area contributed by atoms with Crippen LogP contribution in [-0.4, -0.2) is 71.8 Å². The van der Waals surface area contributed by atoms with Crippen molar-refractivity contribution in [1.29, 1.82) is 0 Å². The van der Waals surface area contributed by atoms with E-state index in [-0.39, 0.29) is 18.5 Å². The van der Waals surface area contributed by atoms with Crippen LogP contribution in [0.3, 0.4) is 0 Å². The monoisotopic (exact) mass is 497 g/mol. The average Bonchev–Trinajstić information content (AvgIpc) is 2.64. The minimum atomic E-state index is -0.688. The van der Waals surface area contributed by atoms with E-state index < -0.39 is 17.3 Å². The zero-order valence-electron chi connectivity index (χ0n) is 19.1. The van der Waals surface area contributed by atoms with Crippen LogP contribution < -0.4 is 4.90 Å². The maximum absolute atomic E-state index is 13.0. The maximum Gasteiger partial charge on any atom is 0.415 e. The third kappa shape index (κ3) is 8.05. The average molecular weight is 498 g/mol. The molecule has 0 bridgehead atoms. The lowest BCUT2D eigenvalue weighted by molar-refractivity contribution is -0.131. The van der Waals surface area contributed by atoms with Crippen molar-refractivity contribution in [2.45, 2.75) is 52.7 Å². The summed E-state index contributed by atoms with van der Waals surface area (Å²) in [6.07, 6.45) is -0.972. The van der Waals surface area contributed by atoms with E-state index in [9.17, 15) is 14.4 Å². The van der Waals surface area contributed by atoms with Crippen LogP contribution in [0.5, 0.6) is 0 Å². The van der Waals surface area contributed by atoms with Crippen LogP contribution in [0.2, 0.25) is 0 Å². The molecule has 1 heterocycles. The second-order valence-corrected chi connectivity index (χ2v) is 10.3. The summed E-state index contributed by atoms with van der Waals surface area (Å²) in [4.78, 5) is 42.6. The molecule has 1 aliphatic heterocycles. The fraction of sp³-hybridized carbons (Fsp3) is 0.591. The molecule has 0 saturated carbocycles. The zero-order valence-corrected chi connectivity index (χ0v) is 20.7. The van der Waals surface area contributed by atoms with Crippen LogP contribution in [0.4, 0.5) is 15.3 Å². The Morgan fingerprint density at radius 1 is 0.871 bits per heavy atom. The van der Waals surface area contributed by atoms with Crippen molar-refractivity contribution in [3.8, 4) is 0 Å². The van der Waals surface area contributed by atoms with E-state index in [1.165, 1.54) is 4.90 Å². The number of carbonyl (C=O) groups excluding carboxylic acids is 3. The SMILES string of the molecule is CC(C)(C)OC(=O)N1CCN(C(=O)CN(C(=O)OC(C)(C)C)c2ccc(Br)cc2)CC1. The molecule has 172 valence electrons. The summed E-state index contributed by atoms with van der Waals surface area (Å²) in [6.45, 7) is 12.2. The van der Waals surface area contributed by atoms with Crippen molar-refractivity contribution < 1.29 is 23.9 Å². The second-order valence-electron chi connectivity index (χ2n) is 9.39. The number of piperazine rings is 1. The van der Waals surface area contributed by atoms with E-state index in [0.717, 1.165) is 4.47 Å². The topological polar surface area (TPSA) is 79.4 Å². The van der Waals surface area contributed by atoms with Crippen molar-refractivity contribution in [3.05, 3.63) is 28.7 Å². The smallest absolute Gasteiger partial charge is 0.415 e. The lowest BCUT2D eigenvalue weighted by Gasteiger charge is -2.36. The van der Waals surface area contributed by atoms with Gasteiger partial charge in [0.2, 0.25) is 5.91 Å². The van der Waals surface area contributed by atoms with Crippen molar-refractivity contribution in [2.24, 2.45) is 0 Å². The number of ether oxygens (including phenoxy) is 2. The number of hydrogen-bond donors (Lipinski definition) is 0. The number of rotatable bonds is 3. The number of halogens is 1. The predicted molar refractivity (Wildman–Crippen MR) is 122 cm³/mol. The van der Waals surface area contributed by atoms with E-state index in [0.29, 0.717) is 31.9 Å². The van der Waals surface area contributed by atoms with E-state index >= 15 is 0 Å². The zero-order chi connectivity index (χ0) is 23.4. The minimum Gasteiger partial charge on any atom is -0.444 e. The van der Waals surface area contributed by atoms with Gasteiger partial charge in [0, 0.05) is 36.3 Å². The summed E-state index contributed by atoms with van der Waals surface area (Å²) in [7, 11) is 0. The van der Waals surface area contributed by atoms with Crippen LogP contribution in [0.1, 0.15) is 41.5 Å². The van der Waals surface area contributed by atoms with Crippen LogP contribution in [0, 0.1) is 0 Å². The number of nitrogens with zero attached hydrogens (tertiary/aromatic N) is 3. The Balaban J connectivity index is 2.04. The number of benzene rings is 1. The normalized spacial score (nSPS) is 14.8. The molecule has 0 spiro atoms. The van der Waals surface area contributed by atoms with Crippen molar-refractivity contribution in [3.63, 3.8) is 0 Å². The first kappa shape index (κ1) is 25.0. The molecule has 1 fully saturated rings. The Hall–Kier alpha value is -2.29. The maximum atomic E-state index is 13.0. The summed E-state index contributed by atoms with van der Waals surface area (Å²) in [6, 6.07) is 7.11. The van der Waals surface area contributed by atoms with Crippen LogP contribution in [0.25, 0.3) is 0 Å². The Kier molecular flexibility index (Phi) is 7.97. The highest BCUT2D eigenvalue weighted by atomic mass is 79.9. The summed E-state index contributed by atoms with van der Waals surface area (Å²) >= 11 is 3.38.